The van der Waals surface area contributed by atoms with Gasteiger partial charge in [0.05, 0.1) is 13.2 Å². The zero-order chi connectivity index (χ0) is 30.2. The number of unbranched alkanes of at least 4 members (excludes halogenated alkanes) is 1. The molecule has 4 aliphatic rings. The second-order valence-corrected chi connectivity index (χ2v) is 15.2. The van der Waals surface area contributed by atoms with Crippen LogP contribution in [-0.4, -0.2) is 69.6 Å². The fraction of sp³-hybridized carbons (Fsp3) is 0.971. The van der Waals surface area contributed by atoms with Gasteiger partial charge in [-0.2, -0.15) is 0 Å². The quantitative estimate of drug-likeness (QED) is 0.122. The van der Waals surface area contributed by atoms with E-state index in [1.165, 1.54) is 71.3 Å². The number of esters is 1. The van der Waals surface area contributed by atoms with Crippen molar-refractivity contribution in [3.8, 4) is 0 Å². The largest absolute Gasteiger partial charge is 0.469 e. The number of aliphatic hydroxyl groups is 1. The number of ether oxygens (including phenoxy) is 1. The van der Waals surface area contributed by atoms with E-state index in [4.69, 9.17) is 10.5 Å². The van der Waals surface area contributed by atoms with Crippen LogP contribution in [0.15, 0.2) is 0 Å². The van der Waals surface area contributed by atoms with Gasteiger partial charge in [-0.05, 0) is 169 Å². The van der Waals surface area contributed by atoms with Gasteiger partial charge in [0.15, 0.2) is 0 Å². The van der Waals surface area contributed by atoms with Gasteiger partial charge in [-0.1, -0.05) is 20.8 Å². The van der Waals surface area contributed by atoms with Crippen molar-refractivity contribution in [3.63, 3.8) is 0 Å². The molecular weight excluding hydrogens is 524 g/mol. The highest BCUT2D eigenvalue weighted by Crippen LogP contribution is 2.68. The molecule has 0 heterocycles. The minimum atomic E-state index is -0.219. The number of methoxy groups -OCH3 is 1. The number of rotatable bonds is 17. The topological polar surface area (TPSA) is 109 Å². The molecule has 10 unspecified atom stereocenters. The average molecular weight is 591 g/mol. The lowest BCUT2D eigenvalue weighted by molar-refractivity contribution is -0.170. The van der Waals surface area contributed by atoms with Crippen LogP contribution in [0.1, 0.15) is 111 Å². The molecule has 7 nitrogen and oxygen atoms in total. The molecule has 42 heavy (non-hydrogen) atoms. The Labute approximate surface area is 257 Å². The van der Waals surface area contributed by atoms with E-state index in [1.54, 1.807) is 0 Å². The van der Waals surface area contributed by atoms with Crippen molar-refractivity contribution in [2.45, 2.75) is 123 Å². The highest BCUT2D eigenvalue weighted by Gasteiger charge is 2.63. The summed E-state index contributed by atoms with van der Waals surface area (Å²) in [6, 6.07) is 0.657. The number of aliphatic hydroxyl groups excluding tert-OH is 1. The summed E-state index contributed by atoms with van der Waals surface area (Å²) in [5.74, 6) is 3.69. The molecule has 0 aromatic carbocycles. The molecule has 0 amide bonds. The van der Waals surface area contributed by atoms with Crippen molar-refractivity contribution in [1.82, 2.24) is 16.0 Å². The van der Waals surface area contributed by atoms with Gasteiger partial charge in [0.2, 0.25) is 0 Å². The van der Waals surface area contributed by atoms with Crippen LogP contribution in [0.5, 0.6) is 0 Å². The van der Waals surface area contributed by atoms with E-state index in [2.05, 4.69) is 36.7 Å². The monoisotopic (exact) mass is 591 g/mol. The van der Waals surface area contributed by atoms with Crippen molar-refractivity contribution < 1.29 is 14.6 Å². The van der Waals surface area contributed by atoms with Gasteiger partial charge >= 0.3 is 5.97 Å². The zero-order valence-corrected chi connectivity index (χ0v) is 27.6. The Bertz CT molecular complexity index is 828. The van der Waals surface area contributed by atoms with Crippen molar-refractivity contribution in [3.05, 3.63) is 0 Å². The maximum atomic E-state index is 11.8. The van der Waals surface area contributed by atoms with E-state index < -0.39 is 0 Å². The standard InChI is InChI=1S/C35H66N4O3/c1-25(9-14-33(41)42-4)29-12-13-30-28-11-10-26-23-27(15-16-34(26,2)31(28)24-32(40)35(29,30)3)39-22-8-21-38-19-6-5-18-37-20-7-17-36/h25-32,37-40H,5-24,36H2,1-4H3. The predicted molar refractivity (Wildman–Crippen MR) is 172 cm³/mol. The van der Waals surface area contributed by atoms with Crippen LogP contribution in [0.3, 0.4) is 0 Å². The van der Waals surface area contributed by atoms with Gasteiger partial charge in [0.25, 0.3) is 0 Å². The molecule has 244 valence electrons. The van der Waals surface area contributed by atoms with Crippen LogP contribution in [0.4, 0.5) is 0 Å². The van der Waals surface area contributed by atoms with E-state index in [0.29, 0.717) is 41.5 Å². The maximum absolute atomic E-state index is 11.8. The lowest BCUT2D eigenvalue weighted by Crippen LogP contribution is -2.59. The summed E-state index contributed by atoms with van der Waals surface area (Å²) in [6.07, 6.45) is 15.9. The number of carbonyl (C=O) groups is 1. The summed E-state index contributed by atoms with van der Waals surface area (Å²) in [6.45, 7) is 13.6. The highest BCUT2D eigenvalue weighted by atomic mass is 16.5. The lowest BCUT2D eigenvalue weighted by atomic mass is 9.43. The molecule has 4 saturated carbocycles. The summed E-state index contributed by atoms with van der Waals surface area (Å²) in [4.78, 5) is 11.8. The average Bonchev–Trinajstić information content (AvgIpc) is 3.35. The number of carbonyl (C=O) groups excluding carboxylic acids is 1. The van der Waals surface area contributed by atoms with Crippen LogP contribution in [0, 0.1) is 46.3 Å². The lowest BCUT2D eigenvalue weighted by Gasteiger charge is -2.62. The second kappa shape index (κ2) is 16.0. The Balaban J connectivity index is 1.20. The van der Waals surface area contributed by atoms with Gasteiger partial charge in [-0.25, -0.2) is 0 Å². The van der Waals surface area contributed by atoms with Crippen LogP contribution in [-0.2, 0) is 9.53 Å². The maximum Gasteiger partial charge on any atom is 0.305 e. The number of hydrogen-bond acceptors (Lipinski definition) is 7. The molecule has 7 heteroatoms. The van der Waals surface area contributed by atoms with Crippen LogP contribution >= 0.6 is 0 Å². The van der Waals surface area contributed by atoms with Gasteiger partial charge in [0, 0.05) is 12.5 Å². The molecule has 4 rings (SSSR count). The molecule has 4 fully saturated rings. The molecule has 6 N–H and O–H groups in total. The molecule has 10 atom stereocenters. The molecule has 0 saturated heterocycles. The highest BCUT2D eigenvalue weighted by molar-refractivity contribution is 5.69. The third-order valence-electron chi connectivity index (χ3n) is 13.0. The minimum absolute atomic E-state index is 0.00590. The van der Waals surface area contributed by atoms with Crippen molar-refractivity contribution in [1.29, 1.82) is 0 Å². The summed E-state index contributed by atoms with van der Waals surface area (Å²) in [5, 5.41) is 22.8. The molecule has 0 spiro atoms. The first-order valence-corrected chi connectivity index (χ1v) is 17.8. The number of hydrogen-bond donors (Lipinski definition) is 5. The van der Waals surface area contributed by atoms with Gasteiger partial charge in [-0.3, -0.25) is 4.79 Å². The van der Waals surface area contributed by atoms with Crippen molar-refractivity contribution >= 4 is 5.97 Å². The second-order valence-electron chi connectivity index (χ2n) is 15.2. The summed E-state index contributed by atoms with van der Waals surface area (Å²) in [7, 11) is 1.48. The van der Waals surface area contributed by atoms with Crippen LogP contribution in [0.25, 0.3) is 0 Å². The number of fused-ring (bicyclic) bond motifs is 5. The summed E-state index contributed by atoms with van der Waals surface area (Å²) >= 11 is 0. The Morgan fingerprint density at radius 1 is 0.929 bits per heavy atom. The summed E-state index contributed by atoms with van der Waals surface area (Å²) < 4.78 is 4.92. The molecule has 0 bridgehead atoms. The first kappa shape index (κ1) is 34.1. The molecule has 0 aliphatic heterocycles. The molecule has 4 aliphatic carbocycles. The van der Waals surface area contributed by atoms with Crippen LogP contribution in [0.2, 0.25) is 0 Å². The van der Waals surface area contributed by atoms with E-state index in [-0.39, 0.29) is 17.5 Å². The zero-order valence-electron chi connectivity index (χ0n) is 27.6. The van der Waals surface area contributed by atoms with E-state index in [9.17, 15) is 9.90 Å². The first-order valence-electron chi connectivity index (χ1n) is 17.8. The van der Waals surface area contributed by atoms with E-state index in [0.717, 1.165) is 70.4 Å². The van der Waals surface area contributed by atoms with Gasteiger partial charge in [-0.15, -0.1) is 0 Å². The van der Waals surface area contributed by atoms with Crippen molar-refractivity contribution in [2.24, 2.45) is 52.1 Å². The molecule has 0 radical (unpaired) electrons. The third kappa shape index (κ3) is 7.73. The van der Waals surface area contributed by atoms with Crippen molar-refractivity contribution in [2.75, 3.05) is 46.4 Å². The van der Waals surface area contributed by atoms with Gasteiger partial charge < -0.3 is 31.5 Å². The normalized spacial score (nSPS) is 38.4. The Morgan fingerprint density at radius 3 is 2.36 bits per heavy atom. The molecule has 0 aromatic rings. The molecular formula is C35H66N4O3. The predicted octanol–water partition coefficient (Wildman–Crippen LogP) is 4.86. The number of nitrogens with two attached hydrogens (primary N) is 1. The van der Waals surface area contributed by atoms with Crippen LogP contribution < -0.4 is 21.7 Å². The smallest absolute Gasteiger partial charge is 0.305 e. The third-order valence-corrected chi connectivity index (χ3v) is 13.0. The fourth-order valence-electron chi connectivity index (χ4n) is 10.5. The SMILES string of the molecule is COC(=O)CCC(C)C1CCC2C3CCC4CC(NCCCNCCCCNCCCN)CCC4(C)C3CC(O)C12C. The fourth-order valence-corrected chi connectivity index (χ4v) is 10.5. The molecule has 0 aromatic heterocycles. The minimum Gasteiger partial charge on any atom is -0.469 e. The number of nitrogens with one attached hydrogen (secondary N) is 3. The summed E-state index contributed by atoms with van der Waals surface area (Å²) in [5.41, 5.74) is 5.90. The van der Waals surface area contributed by atoms with Gasteiger partial charge in [0.1, 0.15) is 0 Å². The van der Waals surface area contributed by atoms with E-state index >= 15 is 0 Å². The Kier molecular flexibility index (Phi) is 13.0. The first-order chi connectivity index (χ1) is 20.3. The Hall–Kier alpha value is -0.730. The Morgan fingerprint density at radius 2 is 1.64 bits per heavy atom. The van der Waals surface area contributed by atoms with E-state index in [1.807, 2.05) is 0 Å².